The minimum atomic E-state index is -0.197. The molecule has 0 spiro atoms. The second-order valence-corrected chi connectivity index (χ2v) is 7.78. The zero-order valence-electron chi connectivity index (χ0n) is 18.1. The summed E-state index contributed by atoms with van der Waals surface area (Å²) in [6, 6.07) is 7.94. The number of aromatic nitrogens is 3. The van der Waals surface area contributed by atoms with Gasteiger partial charge >= 0.3 is 0 Å². The van der Waals surface area contributed by atoms with Crippen molar-refractivity contribution in [1.29, 1.82) is 0 Å². The second-order valence-electron chi connectivity index (χ2n) is 7.78. The van der Waals surface area contributed by atoms with Crippen LogP contribution in [0.15, 0.2) is 35.3 Å². The minimum absolute atomic E-state index is 0.0730. The molecule has 2 N–H and O–H groups in total. The van der Waals surface area contributed by atoms with Crippen LogP contribution >= 0.6 is 0 Å². The normalized spacial score (nSPS) is 11.6. The Labute approximate surface area is 177 Å². The first-order valence-corrected chi connectivity index (χ1v) is 11.1. The highest BCUT2D eigenvalue weighted by molar-refractivity contribution is 6.07. The summed E-state index contributed by atoms with van der Waals surface area (Å²) >= 11 is 0. The van der Waals surface area contributed by atoms with Crippen LogP contribution in [-0.4, -0.2) is 51.8 Å². The molecule has 0 saturated carbocycles. The van der Waals surface area contributed by atoms with Crippen molar-refractivity contribution >= 4 is 27.7 Å². The van der Waals surface area contributed by atoms with Gasteiger partial charge in [0.05, 0.1) is 6.20 Å². The quantitative estimate of drug-likeness (QED) is 0.448. The Morgan fingerprint density at radius 1 is 1.10 bits per heavy atom. The van der Waals surface area contributed by atoms with Gasteiger partial charge < -0.3 is 14.8 Å². The Hall–Kier alpha value is -2.67. The number of fused-ring (bicyclic) bond motifs is 3. The van der Waals surface area contributed by atoms with Gasteiger partial charge in [-0.25, -0.2) is 5.10 Å². The van der Waals surface area contributed by atoms with Crippen molar-refractivity contribution in [2.45, 2.75) is 52.5 Å². The molecular weight excluding hydrogens is 378 g/mol. The molecule has 30 heavy (non-hydrogen) atoms. The number of hydrogen-bond acceptors (Lipinski definition) is 4. The summed E-state index contributed by atoms with van der Waals surface area (Å²) in [5.74, 6) is 0.0730. The number of amides is 1. The molecule has 0 radical (unpaired) electrons. The number of hydrogen-bond donors (Lipinski definition) is 2. The van der Waals surface area contributed by atoms with Crippen LogP contribution in [0.4, 0.5) is 0 Å². The van der Waals surface area contributed by atoms with E-state index in [9.17, 15) is 9.59 Å². The van der Waals surface area contributed by atoms with Gasteiger partial charge in [0.25, 0.3) is 5.56 Å². The smallest absolute Gasteiger partial charge is 0.288 e. The molecule has 0 saturated heterocycles. The van der Waals surface area contributed by atoms with Crippen molar-refractivity contribution in [2.75, 3.05) is 26.2 Å². The van der Waals surface area contributed by atoms with Crippen LogP contribution in [0.25, 0.3) is 21.8 Å². The monoisotopic (exact) mass is 411 g/mol. The molecule has 2 heterocycles. The Morgan fingerprint density at radius 3 is 2.63 bits per heavy atom. The maximum atomic E-state index is 12.4. The molecule has 0 unspecified atom stereocenters. The first-order chi connectivity index (χ1) is 14.7. The Bertz CT molecular complexity index is 1020. The Kier molecular flexibility index (Phi) is 8.02. The van der Waals surface area contributed by atoms with E-state index in [1.165, 1.54) is 0 Å². The van der Waals surface area contributed by atoms with E-state index < -0.39 is 0 Å². The maximum absolute atomic E-state index is 12.4. The van der Waals surface area contributed by atoms with Crippen LogP contribution in [0.2, 0.25) is 0 Å². The zero-order valence-corrected chi connectivity index (χ0v) is 18.1. The fourth-order valence-electron chi connectivity index (χ4n) is 4.13. The summed E-state index contributed by atoms with van der Waals surface area (Å²) < 4.78 is 2.01. The third-order valence-electron chi connectivity index (χ3n) is 5.42. The molecule has 0 fully saturated rings. The molecular formula is C23H33N5O2. The van der Waals surface area contributed by atoms with E-state index >= 15 is 0 Å². The van der Waals surface area contributed by atoms with E-state index in [2.05, 4.69) is 34.3 Å². The van der Waals surface area contributed by atoms with E-state index in [1.807, 2.05) is 28.8 Å². The van der Waals surface area contributed by atoms with Crippen molar-refractivity contribution < 1.29 is 4.79 Å². The highest BCUT2D eigenvalue weighted by Crippen LogP contribution is 2.26. The molecule has 162 valence electrons. The van der Waals surface area contributed by atoms with Gasteiger partial charge in [-0.15, -0.1) is 0 Å². The molecule has 7 heteroatoms. The molecule has 0 atom stereocenters. The van der Waals surface area contributed by atoms with Crippen LogP contribution in [0.5, 0.6) is 0 Å². The Balaban J connectivity index is 1.52. The number of H-pyrrole nitrogens is 1. The van der Waals surface area contributed by atoms with Crippen molar-refractivity contribution in [3.63, 3.8) is 0 Å². The van der Waals surface area contributed by atoms with Crippen LogP contribution in [0, 0.1) is 0 Å². The molecule has 3 rings (SSSR count). The van der Waals surface area contributed by atoms with Gasteiger partial charge in [-0.1, -0.05) is 32.0 Å². The summed E-state index contributed by atoms with van der Waals surface area (Å²) in [7, 11) is 0. The third-order valence-corrected chi connectivity index (χ3v) is 5.42. The van der Waals surface area contributed by atoms with E-state index in [-0.39, 0.29) is 11.5 Å². The Morgan fingerprint density at radius 2 is 1.87 bits per heavy atom. The van der Waals surface area contributed by atoms with E-state index in [4.69, 9.17) is 0 Å². The van der Waals surface area contributed by atoms with Crippen LogP contribution in [-0.2, 0) is 11.3 Å². The van der Waals surface area contributed by atoms with Gasteiger partial charge in [-0.3, -0.25) is 9.59 Å². The standard InChI is InChI=1S/C23H33N5O2/c1-3-13-27(14-4-2)15-8-12-24-21(29)11-7-16-28-20-10-6-5-9-18(20)19-17-25-26-23(30)22(19)28/h5-6,9-10,17H,3-4,7-8,11-16H2,1-2H3,(H,24,29)(H,26,30). The highest BCUT2D eigenvalue weighted by Gasteiger charge is 2.13. The molecule has 0 aliphatic carbocycles. The number of nitrogens with zero attached hydrogens (tertiary/aromatic N) is 3. The predicted octanol–water partition coefficient (Wildman–Crippen LogP) is 3.29. The lowest BCUT2D eigenvalue weighted by Crippen LogP contribution is -2.31. The highest BCUT2D eigenvalue weighted by atomic mass is 16.1. The average Bonchev–Trinajstić information content (AvgIpc) is 3.07. The predicted molar refractivity (Wildman–Crippen MR) is 122 cm³/mol. The van der Waals surface area contributed by atoms with E-state index in [0.29, 0.717) is 31.4 Å². The third kappa shape index (κ3) is 5.27. The SMILES string of the molecule is CCCN(CCC)CCCNC(=O)CCCn1c2ccccc2c2cn[nH]c(=O)c21. The minimum Gasteiger partial charge on any atom is -0.356 e. The molecule has 2 aromatic heterocycles. The number of carbonyl (C=O) groups is 1. The van der Waals surface area contributed by atoms with Crippen LogP contribution in [0.1, 0.15) is 46.0 Å². The summed E-state index contributed by atoms with van der Waals surface area (Å²) in [4.78, 5) is 27.1. The van der Waals surface area contributed by atoms with Crippen molar-refractivity contribution in [1.82, 2.24) is 25.0 Å². The van der Waals surface area contributed by atoms with Crippen LogP contribution in [0.3, 0.4) is 0 Å². The topological polar surface area (TPSA) is 83.0 Å². The van der Waals surface area contributed by atoms with E-state index in [1.54, 1.807) is 6.20 Å². The summed E-state index contributed by atoms with van der Waals surface area (Å²) in [5, 5.41) is 11.4. The number of rotatable bonds is 12. The lowest BCUT2D eigenvalue weighted by molar-refractivity contribution is -0.121. The maximum Gasteiger partial charge on any atom is 0.288 e. The summed E-state index contributed by atoms with van der Waals surface area (Å²) in [6.07, 6.45) is 6.12. The first-order valence-electron chi connectivity index (χ1n) is 11.1. The zero-order chi connectivity index (χ0) is 21.3. The average molecular weight is 412 g/mol. The fraction of sp³-hybridized carbons (Fsp3) is 0.522. The molecule has 1 aromatic carbocycles. The molecule has 1 amide bonds. The number of carbonyl (C=O) groups excluding carboxylic acids is 1. The molecule has 0 aliphatic rings. The van der Waals surface area contributed by atoms with Gasteiger partial charge in [0, 0.05) is 35.8 Å². The van der Waals surface area contributed by atoms with Crippen molar-refractivity contribution in [3.8, 4) is 0 Å². The van der Waals surface area contributed by atoms with Gasteiger partial charge in [-0.2, -0.15) is 5.10 Å². The lowest BCUT2D eigenvalue weighted by Gasteiger charge is -2.20. The first kappa shape index (κ1) is 22.0. The molecule has 7 nitrogen and oxygen atoms in total. The number of nitrogens with one attached hydrogen (secondary N) is 2. The molecule has 0 bridgehead atoms. The summed E-state index contributed by atoms with van der Waals surface area (Å²) in [6.45, 7) is 9.00. The fourth-order valence-corrected chi connectivity index (χ4v) is 4.13. The second kappa shape index (κ2) is 10.9. The van der Waals surface area contributed by atoms with E-state index in [0.717, 1.165) is 55.2 Å². The van der Waals surface area contributed by atoms with Gasteiger partial charge in [0.2, 0.25) is 5.91 Å². The number of benzene rings is 1. The number of aromatic amines is 1. The van der Waals surface area contributed by atoms with Crippen molar-refractivity contribution in [2.24, 2.45) is 0 Å². The van der Waals surface area contributed by atoms with Gasteiger partial charge in [0.15, 0.2) is 0 Å². The molecule has 0 aliphatic heterocycles. The number of aryl methyl sites for hydroxylation is 1. The molecule has 3 aromatic rings. The van der Waals surface area contributed by atoms with Crippen molar-refractivity contribution in [3.05, 3.63) is 40.8 Å². The lowest BCUT2D eigenvalue weighted by atomic mass is 10.2. The largest absolute Gasteiger partial charge is 0.356 e. The van der Waals surface area contributed by atoms with Crippen LogP contribution < -0.4 is 10.9 Å². The van der Waals surface area contributed by atoms with Gasteiger partial charge in [0.1, 0.15) is 5.52 Å². The van der Waals surface area contributed by atoms with Gasteiger partial charge in [-0.05, 0) is 51.4 Å². The number of para-hydroxylation sites is 1. The summed E-state index contributed by atoms with van der Waals surface area (Å²) in [5.41, 5.74) is 1.42.